The monoisotopic (exact) mass is 516 g/mol. The molecule has 5 aliphatic rings. The molecule has 0 radical (unpaired) electrons. The highest BCUT2D eigenvalue weighted by molar-refractivity contribution is 6.20. The summed E-state index contributed by atoms with van der Waals surface area (Å²) in [4.78, 5) is 43.7. The molecule has 4 aliphatic carbocycles. The lowest BCUT2D eigenvalue weighted by Gasteiger charge is -2.57. The SMILES string of the molecule is CNC(=O)C(C)(C)/C=C/N=C(C(=CN)C(=O)NC1C2CC3CC1CC(C2)C3OC(N)=O)N1CCOCC1. The van der Waals surface area contributed by atoms with Crippen LogP contribution in [0.5, 0.6) is 0 Å². The van der Waals surface area contributed by atoms with E-state index in [-0.39, 0.29) is 24.0 Å². The highest BCUT2D eigenvalue weighted by Gasteiger charge is 2.54. The average Bonchev–Trinajstić information content (AvgIpc) is 2.86. The van der Waals surface area contributed by atoms with Crippen molar-refractivity contribution in [3.05, 3.63) is 24.0 Å². The fourth-order valence-corrected chi connectivity index (χ4v) is 6.67. The van der Waals surface area contributed by atoms with Gasteiger partial charge in [0, 0.05) is 38.6 Å². The maximum absolute atomic E-state index is 13.6. The molecule has 37 heavy (non-hydrogen) atoms. The molecule has 5 rings (SSSR count). The molecular weight excluding hydrogens is 476 g/mol. The minimum Gasteiger partial charge on any atom is -0.446 e. The van der Waals surface area contributed by atoms with Crippen LogP contribution in [0, 0.1) is 29.1 Å². The molecule has 6 N–H and O–H groups in total. The number of nitrogens with two attached hydrogens (primary N) is 2. The molecule has 11 nitrogen and oxygen atoms in total. The lowest BCUT2D eigenvalue weighted by atomic mass is 9.53. The van der Waals surface area contributed by atoms with E-state index < -0.39 is 11.5 Å². The first-order valence-electron chi connectivity index (χ1n) is 13.1. The van der Waals surface area contributed by atoms with E-state index in [9.17, 15) is 14.4 Å². The Morgan fingerprint density at radius 1 is 1.05 bits per heavy atom. The van der Waals surface area contributed by atoms with Crippen molar-refractivity contribution in [3.63, 3.8) is 0 Å². The molecule has 0 spiro atoms. The zero-order valence-corrected chi connectivity index (χ0v) is 21.9. The number of ether oxygens (including phenoxy) is 2. The van der Waals surface area contributed by atoms with Crippen molar-refractivity contribution >= 4 is 23.7 Å². The van der Waals surface area contributed by atoms with Crippen molar-refractivity contribution in [3.8, 4) is 0 Å². The van der Waals surface area contributed by atoms with Crippen LogP contribution in [0.1, 0.15) is 39.5 Å². The van der Waals surface area contributed by atoms with Crippen LogP contribution in [0.4, 0.5) is 4.79 Å². The van der Waals surface area contributed by atoms with Gasteiger partial charge in [-0.15, -0.1) is 0 Å². The molecule has 1 saturated heterocycles. The van der Waals surface area contributed by atoms with Crippen LogP contribution in [-0.2, 0) is 19.1 Å². The number of hydrogen-bond acceptors (Lipinski definition) is 7. The van der Waals surface area contributed by atoms with Gasteiger partial charge in [0.2, 0.25) is 5.91 Å². The van der Waals surface area contributed by atoms with Crippen molar-refractivity contribution in [2.75, 3.05) is 33.4 Å². The number of morpholine rings is 1. The van der Waals surface area contributed by atoms with Gasteiger partial charge in [0.15, 0.2) is 0 Å². The summed E-state index contributed by atoms with van der Waals surface area (Å²) in [5, 5.41) is 5.93. The Labute approximate surface area is 218 Å². The van der Waals surface area contributed by atoms with E-state index in [1.165, 1.54) is 6.20 Å². The lowest BCUT2D eigenvalue weighted by Crippen LogP contribution is -2.61. The number of carbonyl (C=O) groups is 3. The number of amidine groups is 1. The first-order valence-corrected chi connectivity index (χ1v) is 13.1. The number of amides is 3. The van der Waals surface area contributed by atoms with Crippen LogP contribution in [0.25, 0.3) is 0 Å². The van der Waals surface area contributed by atoms with Gasteiger partial charge in [-0.25, -0.2) is 9.79 Å². The van der Waals surface area contributed by atoms with Crippen molar-refractivity contribution < 1.29 is 23.9 Å². The Morgan fingerprint density at radius 3 is 2.16 bits per heavy atom. The number of rotatable bonds is 7. The second-order valence-electron chi connectivity index (χ2n) is 11.1. The molecule has 11 heteroatoms. The predicted octanol–water partition coefficient (Wildman–Crippen LogP) is 0.860. The first kappa shape index (κ1) is 27.0. The summed E-state index contributed by atoms with van der Waals surface area (Å²) >= 11 is 0. The molecule has 0 unspecified atom stereocenters. The van der Waals surface area contributed by atoms with E-state index in [1.807, 2.05) is 4.90 Å². The molecule has 0 aromatic rings. The summed E-state index contributed by atoms with van der Waals surface area (Å²) < 4.78 is 10.9. The fourth-order valence-electron chi connectivity index (χ4n) is 6.67. The first-order chi connectivity index (χ1) is 17.6. The zero-order valence-electron chi connectivity index (χ0n) is 21.9. The molecular formula is C26H40N6O5. The molecule has 3 amide bonds. The molecule has 1 heterocycles. The van der Waals surface area contributed by atoms with Crippen LogP contribution in [0.15, 0.2) is 29.0 Å². The average molecular weight is 517 g/mol. The third-order valence-electron chi connectivity index (χ3n) is 8.38. The Balaban J connectivity index is 1.50. The van der Waals surface area contributed by atoms with Crippen LogP contribution in [0.3, 0.4) is 0 Å². The Morgan fingerprint density at radius 2 is 1.65 bits per heavy atom. The van der Waals surface area contributed by atoms with Crippen LogP contribution < -0.4 is 22.1 Å². The van der Waals surface area contributed by atoms with E-state index in [0.717, 1.165) is 25.7 Å². The third kappa shape index (κ3) is 5.76. The number of hydrogen-bond donors (Lipinski definition) is 4. The molecule has 0 atom stereocenters. The minimum atomic E-state index is -0.764. The Kier molecular flexibility index (Phi) is 8.11. The van der Waals surface area contributed by atoms with E-state index in [0.29, 0.717) is 61.4 Å². The van der Waals surface area contributed by atoms with Gasteiger partial charge in [-0.1, -0.05) is 6.08 Å². The third-order valence-corrected chi connectivity index (χ3v) is 8.38. The van der Waals surface area contributed by atoms with Crippen molar-refractivity contribution in [1.82, 2.24) is 15.5 Å². The van der Waals surface area contributed by atoms with Gasteiger partial charge < -0.3 is 36.5 Å². The molecule has 4 bridgehead atoms. The summed E-state index contributed by atoms with van der Waals surface area (Å²) in [6.07, 6.45) is 7.39. The second-order valence-corrected chi connectivity index (χ2v) is 11.1. The van der Waals surface area contributed by atoms with Crippen LogP contribution in [-0.4, -0.2) is 74.1 Å². The summed E-state index contributed by atoms with van der Waals surface area (Å²) in [5.41, 5.74) is 10.8. The summed E-state index contributed by atoms with van der Waals surface area (Å²) in [6, 6.07) is 0.0399. The standard InChI is InChI=1S/C26H40N6O5/c1-26(2,24(34)29-3)4-5-30-22(32-6-8-36-9-7-32)19(14-27)23(33)31-20-15-10-17-12-16(20)13-18(11-15)21(17)37-25(28)35/h4-5,14-18,20-21H,6-13,27H2,1-3H3,(H2,28,35)(H,29,34)(H,31,33)/b5-4+,19-14?,30-22?. The van der Waals surface area contributed by atoms with Gasteiger partial charge in [-0.05, 0) is 63.2 Å². The van der Waals surface area contributed by atoms with Gasteiger partial charge in [0.25, 0.3) is 5.91 Å². The predicted molar refractivity (Wildman–Crippen MR) is 138 cm³/mol. The van der Waals surface area contributed by atoms with Crippen molar-refractivity contribution in [2.45, 2.75) is 51.7 Å². The van der Waals surface area contributed by atoms with Gasteiger partial charge >= 0.3 is 6.09 Å². The number of primary amides is 1. The highest BCUT2D eigenvalue weighted by Crippen LogP contribution is 2.54. The largest absolute Gasteiger partial charge is 0.446 e. The second kappa shape index (κ2) is 11.1. The molecule has 4 saturated carbocycles. The number of aliphatic imine (C=N–C) groups is 1. The highest BCUT2D eigenvalue weighted by atomic mass is 16.6. The van der Waals surface area contributed by atoms with Gasteiger partial charge in [-0.2, -0.15) is 0 Å². The number of nitrogens with one attached hydrogen (secondary N) is 2. The quantitative estimate of drug-likeness (QED) is 0.222. The molecule has 5 fully saturated rings. The van der Waals surface area contributed by atoms with E-state index >= 15 is 0 Å². The molecule has 0 aromatic heterocycles. The summed E-state index contributed by atoms with van der Waals surface area (Å²) in [6.45, 7) is 5.80. The molecule has 204 valence electrons. The lowest BCUT2D eigenvalue weighted by molar-refractivity contribution is -0.128. The van der Waals surface area contributed by atoms with E-state index in [4.69, 9.17) is 20.9 Å². The maximum Gasteiger partial charge on any atom is 0.404 e. The Hall–Kier alpha value is -3.08. The van der Waals surface area contributed by atoms with E-state index in [1.54, 1.807) is 33.2 Å². The number of nitrogens with zero attached hydrogens (tertiary/aromatic N) is 2. The van der Waals surface area contributed by atoms with Crippen molar-refractivity contribution in [2.24, 2.45) is 45.5 Å². The maximum atomic E-state index is 13.6. The van der Waals surface area contributed by atoms with Crippen LogP contribution >= 0.6 is 0 Å². The topological polar surface area (TPSA) is 161 Å². The summed E-state index contributed by atoms with van der Waals surface area (Å²) in [5.74, 6) is 1.33. The van der Waals surface area contributed by atoms with Gasteiger partial charge in [0.05, 0.1) is 24.2 Å². The van der Waals surface area contributed by atoms with Gasteiger partial charge in [0.1, 0.15) is 11.9 Å². The van der Waals surface area contributed by atoms with Crippen molar-refractivity contribution in [1.29, 1.82) is 0 Å². The molecule has 1 aliphatic heterocycles. The van der Waals surface area contributed by atoms with Crippen LogP contribution in [0.2, 0.25) is 0 Å². The smallest absolute Gasteiger partial charge is 0.404 e. The summed E-state index contributed by atoms with van der Waals surface area (Å²) in [7, 11) is 1.59. The minimum absolute atomic E-state index is 0.0399. The normalized spacial score (nSPS) is 31.9. The van der Waals surface area contributed by atoms with Gasteiger partial charge in [-0.3, -0.25) is 9.59 Å². The fraction of sp³-hybridized carbons (Fsp3) is 0.692. The Bertz CT molecular complexity index is 954. The molecule has 0 aromatic carbocycles. The number of carbonyl (C=O) groups excluding carboxylic acids is 3. The zero-order chi connectivity index (χ0) is 26.7. The van der Waals surface area contributed by atoms with E-state index in [2.05, 4.69) is 15.6 Å².